The first kappa shape index (κ1) is 26.0. The standard InChI is InChI=1S/C23H29N3O6S/c1-3-5-7-9-16-13-18(15-25-20(16)23(29)30)22(28)26-33(31,32)19-11-8-10-17(14-19)21(27)24-12-6-4-2/h8,10-11,13-15H,3-7,9,12H2,1-2H3,(H,24,27)(H,26,28)(H,29,30). The number of rotatable bonds is 12. The summed E-state index contributed by atoms with van der Waals surface area (Å²) in [5, 5.41) is 12.0. The number of benzene rings is 1. The Kier molecular flexibility index (Phi) is 9.53. The van der Waals surface area contributed by atoms with Gasteiger partial charge in [0.25, 0.3) is 21.8 Å². The number of pyridine rings is 1. The van der Waals surface area contributed by atoms with Crippen molar-refractivity contribution in [2.24, 2.45) is 0 Å². The molecule has 178 valence electrons. The molecule has 0 radical (unpaired) electrons. The molecule has 0 unspecified atom stereocenters. The molecule has 0 spiro atoms. The van der Waals surface area contributed by atoms with Gasteiger partial charge in [-0.2, -0.15) is 0 Å². The van der Waals surface area contributed by atoms with Crippen molar-refractivity contribution < 1.29 is 27.9 Å². The first-order valence-corrected chi connectivity index (χ1v) is 12.4. The van der Waals surface area contributed by atoms with Gasteiger partial charge in [-0.25, -0.2) is 22.9 Å². The molecule has 2 rings (SSSR count). The second kappa shape index (κ2) is 12.1. The van der Waals surface area contributed by atoms with E-state index in [1.165, 1.54) is 30.3 Å². The molecule has 0 atom stereocenters. The Labute approximate surface area is 193 Å². The van der Waals surface area contributed by atoms with Gasteiger partial charge in [-0.15, -0.1) is 0 Å². The minimum atomic E-state index is -4.27. The van der Waals surface area contributed by atoms with Crippen molar-refractivity contribution in [3.8, 4) is 0 Å². The summed E-state index contributed by atoms with van der Waals surface area (Å²) in [6.45, 7) is 4.47. The fourth-order valence-corrected chi connectivity index (χ4v) is 4.13. The molecule has 0 aliphatic carbocycles. The summed E-state index contributed by atoms with van der Waals surface area (Å²) in [6, 6.07) is 6.73. The lowest BCUT2D eigenvalue weighted by Gasteiger charge is -2.11. The molecule has 0 saturated heterocycles. The van der Waals surface area contributed by atoms with Crippen LogP contribution in [0, 0.1) is 0 Å². The zero-order valence-corrected chi connectivity index (χ0v) is 19.6. The summed E-state index contributed by atoms with van der Waals surface area (Å²) in [5.74, 6) is -2.55. The van der Waals surface area contributed by atoms with Crippen LogP contribution in [0.4, 0.5) is 0 Å². The van der Waals surface area contributed by atoms with E-state index in [1.54, 1.807) is 0 Å². The number of amides is 2. The van der Waals surface area contributed by atoms with Crippen LogP contribution in [0.25, 0.3) is 0 Å². The zero-order valence-electron chi connectivity index (χ0n) is 18.8. The quantitative estimate of drug-likeness (QED) is 0.400. The average Bonchev–Trinajstić information content (AvgIpc) is 2.79. The molecule has 2 aromatic rings. The first-order chi connectivity index (χ1) is 15.7. The summed E-state index contributed by atoms with van der Waals surface area (Å²) in [7, 11) is -4.27. The molecule has 10 heteroatoms. The molecule has 0 aliphatic rings. The predicted molar refractivity (Wildman–Crippen MR) is 123 cm³/mol. The average molecular weight is 476 g/mol. The number of aromatic carboxylic acids is 1. The number of aryl methyl sites for hydroxylation is 1. The highest BCUT2D eigenvalue weighted by molar-refractivity contribution is 7.90. The summed E-state index contributed by atoms with van der Waals surface area (Å²) in [5.41, 5.74) is 0.301. The number of carboxylic acid groups (broad SMARTS) is 1. The molecule has 0 fully saturated rings. The minimum absolute atomic E-state index is 0.0662. The van der Waals surface area contributed by atoms with Gasteiger partial charge in [-0.3, -0.25) is 9.59 Å². The number of hydrogen-bond donors (Lipinski definition) is 3. The highest BCUT2D eigenvalue weighted by Gasteiger charge is 2.22. The number of unbranched alkanes of at least 4 members (excludes halogenated alkanes) is 3. The smallest absolute Gasteiger partial charge is 0.354 e. The van der Waals surface area contributed by atoms with E-state index in [0.29, 0.717) is 18.5 Å². The van der Waals surface area contributed by atoms with Crippen LogP contribution in [-0.2, 0) is 16.4 Å². The van der Waals surface area contributed by atoms with E-state index in [-0.39, 0.29) is 21.7 Å². The number of carbonyl (C=O) groups is 3. The largest absolute Gasteiger partial charge is 0.477 e. The van der Waals surface area contributed by atoms with Crippen molar-refractivity contribution in [1.82, 2.24) is 15.0 Å². The molecule has 2 amide bonds. The first-order valence-electron chi connectivity index (χ1n) is 10.9. The van der Waals surface area contributed by atoms with Crippen LogP contribution in [0.3, 0.4) is 0 Å². The summed E-state index contributed by atoms with van der Waals surface area (Å²) >= 11 is 0. The van der Waals surface area contributed by atoms with Crippen molar-refractivity contribution >= 4 is 27.8 Å². The van der Waals surface area contributed by atoms with E-state index in [2.05, 4.69) is 10.3 Å². The van der Waals surface area contributed by atoms with Crippen LogP contribution in [0.5, 0.6) is 0 Å². The van der Waals surface area contributed by atoms with Crippen LogP contribution in [0.2, 0.25) is 0 Å². The number of sulfonamides is 1. The maximum absolute atomic E-state index is 12.7. The second-order valence-electron chi connectivity index (χ2n) is 7.57. The highest BCUT2D eigenvalue weighted by Crippen LogP contribution is 2.16. The van der Waals surface area contributed by atoms with E-state index >= 15 is 0 Å². The molecule has 1 aromatic heterocycles. The number of hydrogen-bond acceptors (Lipinski definition) is 6. The van der Waals surface area contributed by atoms with Gasteiger partial charge in [0.15, 0.2) is 5.69 Å². The fourth-order valence-electron chi connectivity index (χ4n) is 3.11. The maximum atomic E-state index is 12.7. The van der Waals surface area contributed by atoms with E-state index in [9.17, 15) is 27.9 Å². The molecule has 1 heterocycles. The Morgan fingerprint density at radius 2 is 1.70 bits per heavy atom. The van der Waals surface area contributed by atoms with Gasteiger partial charge in [0.2, 0.25) is 0 Å². The topological polar surface area (TPSA) is 143 Å². The van der Waals surface area contributed by atoms with Crippen LogP contribution in [0.15, 0.2) is 41.4 Å². The van der Waals surface area contributed by atoms with Gasteiger partial charge in [0.05, 0.1) is 10.5 Å². The van der Waals surface area contributed by atoms with Crippen LogP contribution >= 0.6 is 0 Å². The lowest BCUT2D eigenvalue weighted by atomic mass is 10.0. The molecule has 0 saturated carbocycles. The van der Waals surface area contributed by atoms with Gasteiger partial charge in [-0.05, 0) is 49.1 Å². The molecular formula is C23H29N3O6S. The van der Waals surface area contributed by atoms with E-state index in [4.69, 9.17) is 0 Å². The van der Waals surface area contributed by atoms with Gasteiger partial charge in [-0.1, -0.05) is 39.2 Å². The fraction of sp³-hybridized carbons (Fsp3) is 0.391. The lowest BCUT2D eigenvalue weighted by molar-refractivity contribution is 0.0688. The van der Waals surface area contributed by atoms with Crippen LogP contribution < -0.4 is 10.0 Å². The lowest BCUT2D eigenvalue weighted by Crippen LogP contribution is -2.31. The molecule has 9 nitrogen and oxygen atoms in total. The molecule has 3 N–H and O–H groups in total. The Hall–Kier alpha value is -3.27. The third kappa shape index (κ3) is 7.38. The normalized spacial score (nSPS) is 11.1. The van der Waals surface area contributed by atoms with E-state index < -0.39 is 27.8 Å². The van der Waals surface area contributed by atoms with E-state index in [0.717, 1.165) is 38.3 Å². The van der Waals surface area contributed by atoms with Gasteiger partial charge in [0, 0.05) is 18.3 Å². The van der Waals surface area contributed by atoms with Crippen molar-refractivity contribution in [3.63, 3.8) is 0 Å². The monoisotopic (exact) mass is 475 g/mol. The summed E-state index contributed by atoms with van der Waals surface area (Å²) in [4.78, 5) is 39.9. The predicted octanol–water partition coefficient (Wildman–Crippen LogP) is 3.16. The number of aromatic nitrogens is 1. The summed E-state index contributed by atoms with van der Waals surface area (Å²) in [6.07, 6.45) is 5.68. The van der Waals surface area contributed by atoms with Gasteiger partial charge >= 0.3 is 5.97 Å². The molecule has 33 heavy (non-hydrogen) atoms. The maximum Gasteiger partial charge on any atom is 0.354 e. The van der Waals surface area contributed by atoms with Gasteiger partial charge in [0.1, 0.15) is 0 Å². The Balaban J connectivity index is 2.22. The van der Waals surface area contributed by atoms with Crippen molar-refractivity contribution in [2.45, 2.75) is 57.3 Å². The molecule has 0 aliphatic heterocycles. The number of carboxylic acids is 1. The summed E-state index contributed by atoms with van der Waals surface area (Å²) < 4.78 is 27.5. The van der Waals surface area contributed by atoms with Crippen molar-refractivity contribution in [3.05, 3.63) is 58.9 Å². The zero-order chi connectivity index (χ0) is 24.4. The molecule has 1 aromatic carbocycles. The third-order valence-electron chi connectivity index (χ3n) is 4.93. The minimum Gasteiger partial charge on any atom is -0.477 e. The molecule has 0 bridgehead atoms. The van der Waals surface area contributed by atoms with Crippen molar-refractivity contribution in [2.75, 3.05) is 6.54 Å². The molecular weight excluding hydrogens is 446 g/mol. The number of nitrogens with one attached hydrogen (secondary N) is 2. The number of carbonyl (C=O) groups excluding carboxylic acids is 2. The second-order valence-corrected chi connectivity index (χ2v) is 9.25. The highest BCUT2D eigenvalue weighted by atomic mass is 32.2. The van der Waals surface area contributed by atoms with Crippen LogP contribution in [-0.4, -0.2) is 42.8 Å². The Morgan fingerprint density at radius 3 is 2.36 bits per heavy atom. The number of nitrogens with zero attached hydrogens (tertiary/aromatic N) is 1. The SMILES string of the molecule is CCCCCc1cc(C(=O)NS(=O)(=O)c2cccc(C(=O)NCCCC)c2)cnc1C(=O)O. The third-order valence-corrected chi connectivity index (χ3v) is 6.26. The van der Waals surface area contributed by atoms with E-state index in [1.807, 2.05) is 18.6 Å². The van der Waals surface area contributed by atoms with Gasteiger partial charge < -0.3 is 10.4 Å². The van der Waals surface area contributed by atoms with Crippen molar-refractivity contribution in [1.29, 1.82) is 0 Å². The van der Waals surface area contributed by atoms with Crippen LogP contribution in [0.1, 0.15) is 82.7 Å². The Morgan fingerprint density at radius 1 is 0.970 bits per heavy atom. The Bertz CT molecular complexity index is 1110.